The molecule has 2 aliphatic heterocycles. The first-order valence-electron chi connectivity index (χ1n) is 15.5. The second-order valence-corrected chi connectivity index (χ2v) is 12.7. The number of aliphatic hydroxyl groups excluding tert-OH is 1. The molecule has 2 saturated heterocycles. The van der Waals surface area contributed by atoms with Gasteiger partial charge in [-0.25, -0.2) is 19.7 Å². The number of hydrogen-bond donors (Lipinski definition) is 3. The van der Waals surface area contributed by atoms with Crippen LogP contribution in [0, 0.1) is 5.92 Å². The van der Waals surface area contributed by atoms with Crippen LogP contribution in [0.15, 0.2) is 42.7 Å². The number of hydrogen-bond acceptors (Lipinski definition) is 9. The van der Waals surface area contributed by atoms with Crippen molar-refractivity contribution in [3.63, 3.8) is 0 Å². The Hall–Kier alpha value is -3.22. The van der Waals surface area contributed by atoms with Crippen molar-refractivity contribution in [1.29, 1.82) is 0 Å². The zero-order valence-electron chi connectivity index (χ0n) is 25.5. The van der Waals surface area contributed by atoms with E-state index in [0.29, 0.717) is 51.8 Å². The number of nitrogens with zero attached hydrogens (tertiary/aromatic N) is 6. The van der Waals surface area contributed by atoms with Gasteiger partial charge >= 0.3 is 6.09 Å². The van der Waals surface area contributed by atoms with E-state index >= 15 is 0 Å². The number of ether oxygens (including phenoxy) is 1. The lowest BCUT2D eigenvalue weighted by Crippen LogP contribution is -2.50. The van der Waals surface area contributed by atoms with E-state index in [9.17, 15) is 9.90 Å². The molecule has 3 aromatic rings. The maximum absolute atomic E-state index is 10.8. The van der Waals surface area contributed by atoms with Gasteiger partial charge in [0.2, 0.25) is 11.8 Å². The average molecular weight is 659 g/mol. The van der Waals surface area contributed by atoms with Gasteiger partial charge in [-0.15, -0.1) is 0 Å². The third-order valence-electron chi connectivity index (χ3n) is 8.57. The van der Waals surface area contributed by atoms with Crippen molar-refractivity contribution >= 4 is 35.2 Å². The molecule has 4 heterocycles. The molecule has 1 aromatic carbocycles. The highest BCUT2D eigenvalue weighted by Crippen LogP contribution is 2.31. The van der Waals surface area contributed by atoms with Crippen molar-refractivity contribution in [3.8, 4) is 22.9 Å². The molecule has 13 heteroatoms. The average Bonchev–Trinajstić information content (AvgIpc) is 3.02. The number of rotatable bonds is 12. The molecule has 2 aliphatic rings. The Labute approximate surface area is 274 Å². The van der Waals surface area contributed by atoms with Gasteiger partial charge in [-0.3, -0.25) is 9.80 Å². The predicted octanol–water partition coefficient (Wildman–Crippen LogP) is 5.40. The lowest BCUT2D eigenvalue weighted by atomic mass is 9.93. The van der Waals surface area contributed by atoms with Crippen LogP contribution in [0.5, 0.6) is 11.6 Å². The van der Waals surface area contributed by atoms with Gasteiger partial charge < -0.3 is 25.2 Å². The van der Waals surface area contributed by atoms with Gasteiger partial charge in [-0.2, -0.15) is 0 Å². The maximum Gasteiger partial charge on any atom is 0.404 e. The van der Waals surface area contributed by atoms with Gasteiger partial charge in [-0.05, 0) is 81.4 Å². The van der Waals surface area contributed by atoms with Gasteiger partial charge in [-0.1, -0.05) is 23.2 Å². The van der Waals surface area contributed by atoms with E-state index in [1.807, 2.05) is 24.3 Å². The Bertz CT molecular complexity index is 1390. The van der Waals surface area contributed by atoms with Crippen LogP contribution in [0.2, 0.25) is 10.0 Å². The van der Waals surface area contributed by atoms with Crippen LogP contribution in [0.1, 0.15) is 38.2 Å². The number of piperidine rings is 1. The number of halogens is 2. The largest absolute Gasteiger partial charge is 0.465 e. The number of piperazine rings is 1. The van der Waals surface area contributed by atoms with Crippen molar-refractivity contribution in [3.05, 3.63) is 58.3 Å². The van der Waals surface area contributed by atoms with Crippen molar-refractivity contribution < 1.29 is 19.7 Å². The topological polar surface area (TPSA) is 127 Å². The minimum Gasteiger partial charge on any atom is -0.465 e. The Morgan fingerprint density at radius 2 is 1.71 bits per heavy atom. The van der Waals surface area contributed by atoms with Gasteiger partial charge in [0, 0.05) is 73.6 Å². The fourth-order valence-electron chi connectivity index (χ4n) is 6.01. The van der Waals surface area contributed by atoms with Gasteiger partial charge in [0.05, 0.1) is 18.1 Å². The molecule has 1 unspecified atom stereocenters. The Morgan fingerprint density at radius 1 is 1.02 bits per heavy atom. The first kappa shape index (κ1) is 33.2. The van der Waals surface area contributed by atoms with Gasteiger partial charge in [0.15, 0.2) is 5.75 Å². The molecular weight excluding hydrogens is 617 g/mol. The van der Waals surface area contributed by atoms with E-state index in [2.05, 4.69) is 36.9 Å². The number of pyridine rings is 1. The van der Waals surface area contributed by atoms with E-state index in [1.54, 1.807) is 18.5 Å². The van der Waals surface area contributed by atoms with Crippen molar-refractivity contribution in [2.24, 2.45) is 5.92 Å². The summed E-state index contributed by atoms with van der Waals surface area (Å²) < 4.78 is 6.20. The molecule has 2 aromatic heterocycles. The van der Waals surface area contributed by atoms with Crippen LogP contribution >= 0.6 is 23.2 Å². The standard InChI is InChI=1S/C32H41Cl2N7O4/c1-22(5-13-42)40-9-11-41(12-10-40)31-36-19-28(20-37-31)45-30-15-24(14-29(38-30)25-16-26(33)18-27(34)17-25)21-39-7-3-23(4-8-39)2-6-35-32(43)44/h14-20,22-23,35,42H,2-13,21H2,1H3,(H,43,44). The van der Waals surface area contributed by atoms with E-state index < -0.39 is 6.09 Å². The first-order chi connectivity index (χ1) is 21.7. The quantitative estimate of drug-likeness (QED) is 0.233. The van der Waals surface area contributed by atoms with Crippen LogP contribution in [-0.2, 0) is 6.54 Å². The molecular formula is C32H41Cl2N7O4. The minimum absolute atomic E-state index is 0.201. The summed E-state index contributed by atoms with van der Waals surface area (Å²) in [5.74, 6) is 2.09. The fourth-order valence-corrected chi connectivity index (χ4v) is 6.53. The van der Waals surface area contributed by atoms with Gasteiger partial charge in [0.25, 0.3) is 0 Å². The van der Waals surface area contributed by atoms with Crippen LogP contribution in [-0.4, -0.2) is 99.5 Å². The molecule has 3 N–H and O–H groups in total. The summed E-state index contributed by atoms with van der Waals surface area (Å²) in [6.07, 6.45) is 6.06. The van der Waals surface area contributed by atoms with Crippen LogP contribution in [0.4, 0.5) is 10.7 Å². The number of amides is 1. The van der Waals surface area contributed by atoms with E-state index in [0.717, 1.165) is 82.6 Å². The zero-order chi connectivity index (χ0) is 31.8. The zero-order valence-corrected chi connectivity index (χ0v) is 27.1. The predicted molar refractivity (Wildman–Crippen MR) is 175 cm³/mol. The first-order valence-corrected chi connectivity index (χ1v) is 16.3. The second kappa shape index (κ2) is 15.9. The molecule has 0 radical (unpaired) electrons. The third kappa shape index (κ3) is 9.64. The molecule has 1 amide bonds. The lowest BCUT2D eigenvalue weighted by molar-refractivity contribution is 0.159. The number of likely N-dealkylation sites (tertiary alicyclic amines) is 1. The summed E-state index contributed by atoms with van der Waals surface area (Å²) >= 11 is 12.7. The van der Waals surface area contributed by atoms with Crippen molar-refractivity contribution in [2.45, 2.75) is 45.2 Å². The molecule has 0 bridgehead atoms. The summed E-state index contributed by atoms with van der Waals surface area (Å²) in [6, 6.07) is 9.70. The molecule has 2 fully saturated rings. The Morgan fingerprint density at radius 3 is 2.36 bits per heavy atom. The lowest BCUT2D eigenvalue weighted by Gasteiger charge is -2.37. The minimum atomic E-state index is -0.971. The summed E-state index contributed by atoms with van der Waals surface area (Å²) in [5, 5.41) is 21.6. The highest BCUT2D eigenvalue weighted by Gasteiger charge is 2.23. The van der Waals surface area contributed by atoms with Gasteiger partial charge in [0.1, 0.15) is 0 Å². The van der Waals surface area contributed by atoms with Crippen LogP contribution < -0.4 is 15.0 Å². The molecule has 242 valence electrons. The monoisotopic (exact) mass is 657 g/mol. The molecule has 0 aliphatic carbocycles. The smallest absolute Gasteiger partial charge is 0.404 e. The normalized spacial score (nSPS) is 17.3. The third-order valence-corrected chi connectivity index (χ3v) is 9.00. The summed E-state index contributed by atoms with van der Waals surface area (Å²) in [5.41, 5.74) is 2.54. The van der Waals surface area contributed by atoms with Crippen molar-refractivity contribution in [2.75, 3.05) is 57.3 Å². The van der Waals surface area contributed by atoms with Crippen LogP contribution in [0.3, 0.4) is 0 Å². The molecule has 45 heavy (non-hydrogen) atoms. The number of nitrogens with one attached hydrogen (secondary N) is 1. The molecule has 5 rings (SSSR count). The number of aliphatic hydroxyl groups is 1. The summed E-state index contributed by atoms with van der Waals surface area (Å²) in [7, 11) is 0. The number of benzene rings is 1. The summed E-state index contributed by atoms with van der Waals surface area (Å²) in [4.78, 5) is 31.7. The number of carboxylic acid groups (broad SMARTS) is 1. The molecule has 0 saturated carbocycles. The maximum atomic E-state index is 10.8. The van der Waals surface area contributed by atoms with Crippen LogP contribution in [0.25, 0.3) is 11.3 Å². The van der Waals surface area contributed by atoms with E-state index in [-0.39, 0.29) is 6.61 Å². The number of carbonyl (C=O) groups is 1. The second-order valence-electron chi connectivity index (χ2n) is 11.8. The highest BCUT2D eigenvalue weighted by molar-refractivity contribution is 6.35. The van der Waals surface area contributed by atoms with E-state index in [4.69, 9.17) is 38.0 Å². The van der Waals surface area contributed by atoms with Crippen molar-refractivity contribution in [1.82, 2.24) is 30.1 Å². The number of aromatic nitrogens is 3. The fraction of sp³-hybridized carbons (Fsp3) is 0.500. The van der Waals surface area contributed by atoms with E-state index in [1.165, 1.54) is 0 Å². The highest BCUT2D eigenvalue weighted by atomic mass is 35.5. The summed E-state index contributed by atoms with van der Waals surface area (Å²) in [6.45, 7) is 8.86. The number of anilines is 1. The molecule has 1 atom stereocenters. The molecule has 0 spiro atoms. The Balaban J connectivity index is 1.26. The SMILES string of the molecule is CC(CCO)N1CCN(c2ncc(Oc3cc(CN4CCC(CCNC(=O)O)CC4)cc(-c4cc(Cl)cc(Cl)c4)n3)cn2)CC1. The molecule has 11 nitrogen and oxygen atoms in total. The Kier molecular flexibility index (Phi) is 11.7.